The first-order chi connectivity index (χ1) is 8.93. The van der Waals surface area contributed by atoms with E-state index in [4.69, 9.17) is 16.2 Å². The van der Waals surface area contributed by atoms with Gasteiger partial charge in [0, 0.05) is 6.04 Å². The van der Waals surface area contributed by atoms with Crippen molar-refractivity contribution in [1.29, 1.82) is 0 Å². The summed E-state index contributed by atoms with van der Waals surface area (Å²) in [5.74, 6) is 0.149. The fourth-order valence-corrected chi connectivity index (χ4v) is 1.73. The maximum atomic E-state index is 11.0. The normalized spacial score (nSPS) is 13.9. The summed E-state index contributed by atoms with van der Waals surface area (Å²) in [7, 11) is 0. The average Bonchev–Trinajstić information content (AvgIpc) is 2.37. The number of benzene rings is 1. The number of hydrogen-bond donors (Lipinski definition) is 2. The Labute approximate surface area is 115 Å². The molecule has 0 aromatic heterocycles. The third-order valence-corrected chi connectivity index (χ3v) is 3.20. The lowest BCUT2D eigenvalue weighted by molar-refractivity contribution is -0.122. The van der Waals surface area contributed by atoms with E-state index in [2.05, 4.69) is 13.0 Å². The minimum Gasteiger partial charge on any atom is -0.492 e. The molecule has 4 nitrogen and oxygen atoms in total. The Morgan fingerprint density at radius 1 is 1.42 bits per heavy atom. The van der Waals surface area contributed by atoms with Gasteiger partial charge in [0.1, 0.15) is 5.75 Å². The van der Waals surface area contributed by atoms with Crippen molar-refractivity contribution in [1.82, 2.24) is 0 Å². The number of carbonyl (C=O) groups is 1. The van der Waals surface area contributed by atoms with Crippen molar-refractivity contribution in [3.8, 4) is 5.75 Å². The highest BCUT2D eigenvalue weighted by atomic mass is 16.5. The zero-order valence-electron chi connectivity index (χ0n) is 12.0. The maximum Gasteiger partial charge on any atom is 0.223 e. The van der Waals surface area contributed by atoms with Crippen molar-refractivity contribution in [2.24, 2.45) is 17.4 Å². The maximum absolute atomic E-state index is 11.0. The van der Waals surface area contributed by atoms with Crippen molar-refractivity contribution in [2.75, 3.05) is 6.61 Å². The lowest BCUT2D eigenvalue weighted by Crippen LogP contribution is -2.26. The van der Waals surface area contributed by atoms with Gasteiger partial charge < -0.3 is 16.2 Å². The van der Waals surface area contributed by atoms with E-state index in [1.54, 1.807) is 6.92 Å². The van der Waals surface area contributed by atoms with Gasteiger partial charge in [0.05, 0.1) is 12.5 Å². The van der Waals surface area contributed by atoms with Gasteiger partial charge in [-0.1, -0.05) is 31.5 Å². The van der Waals surface area contributed by atoms with Crippen LogP contribution in [0.5, 0.6) is 5.75 Å². The summed E-state index contributed by atoms with van der Waals surface area (Å²) in [6.45, 7) is 6.16. The molecule has 0 fully saturated rings. The van der Waals surface area contributed by atoms with Crippen LogP contribution < -0.4 is 16.2 Å². The van der Waals surface area contributed by atoms with Crippen LogP contribution in [0.25, 0.3) is 0 Å². The highest BCUT2D eigenvalue weighted by Gasteiger charge is 2.12. The molecule has 106 valence electrons. The minimum atomic E-state index is -0.348. The van der Waals surface area contributed by atoms with Crippen LogP contribution in [0.2, 0.25) is 0 Å². The first kappa shape index (κ1) is 15.5. The molecule has 0 heterocycles. The van der Waals surface area contributed by atoms with Crippen LogP contribution in [0, 0.1) is 12.8 Å². The smallest absolute Gasteiger partial charge is 0.223 e. The van der Waals surface area contributed by atoms with Gasteiger partial charge in [0.2, 0.25) is 5.91 Å². The predicted octanol–water partition coefficient (Wildman–Crippen LogP) is 1.78. The fourth-order valence-electron chi connectivity index (χ4n) is 1.73. The highest BCUT2D eigenvalue weighted by molar-refractivity contribution is 5.76. The van der Waals surface area contributed by atoms with Crippen LogP contribution in [0.15, 0.2) is 18.2 Å². The van der Waals surface area contributed by atoms with E-state index in [-0.39, 0.29) is 17.9 Å². The molecule has 0 saturated heterocycles. The van der Waals surface area contributed by atoms with Gasteiger partial charge in [-0.3, -0.25) is 4.79 Å². The van der Waals surface area contributed by atoms with E-state index in [9.17, 15) is 4.79 Å². The number of hydrogen-bond acceptors (Lipinski definition) is 3. The molecule has 1 aromatic rings. The second-order valence-electron chi connectivity index (χ2n) is 5.10. The molecule has 0 aliphatic carbocycles. The summed E-state index contributed by atoms with van der Waals surface area (Å²) in [4.78, 5) is 11.0. The summed E-state index contributed by atoms with van der Waals surface area (Å²) in [5, 5.41) is 0. The van der Waals surface area contributed by atoms with E-state index in [1.165, 1.54) is 5.56 Å². The van der Waals surface area contributed by atoms with Crippen LogP contribution in [0.3, 0.4) is 0 Å². The first-order valence-corrected chi connectivity index (χ1v) is 6.71. The van der Waals surface area contributed by atoms with Crippen molar-refractivity contribution in [3.63, 3.8) is 0 Å². The molecular formula is C15H24N2O2. The van der Waals surface area contributed by atoms with Gasteiger partial charge in [-0.15, -0.1) is 0 Å². The van der Waals surface area contributed by atoms with Gasteiger partial charge in [-0.25, -0.2) is 0 Å². The highest BCUT2D eigenvalue weighted by Crippen LogP contribution is 2.22. The van der Waals surface area contributed by atoms with Crippen molar-refractivity contribution in [2.45, 2.75) is 39.7 Å². The van der Waals surface area contributed by atoms with E-state index in [1.807, 2.05) is 19.1 Å². The molecule has 1 amide bonds. The lowest BCUT2D eigenvalue weighted by atomic mass is 10.0. The van der Waals surface area contributed by atoms with Crippen LogP contribution in [0.1, 0.15) is 31.4 Å². The molecule has 2 atom stereocenters. The molecule has 19 heavy (non-hydrogen) atoms. The second-order valence-corrected chi connectivity index (χ2v) is 5.10. The Bertz CT molecular complexity index is 432. The zero-order chi connectivity index (χ0) is 14.4. The number of rotatable bonds is 7. The Morgan fingerprint density at radius 3 is 2.68 bits per heavy atom. The van der Waals surface area contributed by atoms with Crippen LogP contribution >= 0.6 is 0 Å². The molecule has 4 N–H and O–H groups in total. The van der Waals surface area contributed by atoms with Gasteiger partial charge in [-0.05, 0) is 31.4 Å². The van der Waals surface area contributed by atoms with E-state index in [0.29, 0.717) is 6.61 Å². The number of carbonyl (C=O) groups excluding carboxylic acids is 1. The molecular weight excluding hydrogens is 240 g/mol. The van der Waals surface area contributed by atoms with Gasteiger partial charge in [0.25, 0.3) is 0 Å². The summed E-state index contributed by atoms with van der Waals surface area (Å²) in [5.41, 5.74) is 13.5. The molecule has 1 aromatic carbocycles. The monoisotopic (exact) mass is 264 g/mol. The quantitative estimate of drug-likeness (QED) is 0.788. The first-order valence-electron chi connectivity index (χ1n) is 6.71. The Hall–Kier alpha value is -1.55. The molecule has 0 spiro atoms. The van der Waals surface area contributed by atoms with Gasteiger partial charge >= 0.3 is 0 Å². The van der Waals surface area contributed by atoms with Crippen LogP contribution in [0.4, 0.5) is 0 Å². The number of nitrogens with two attached hydrogens (primary N) is 2. The standard InChI is InChI=1S/C15H24N2O2/c1-4-13(16)8-12-7-10(2)5-6-14(12)19-9-11(3)15(17)18/h5-7,11,13H,4,8-9,16H2,1-3H3,(H2,17,18). The molecule has 0 radical (unpaired) electrons. The SMILES string of the molecule is CCC(N)Cc1cc(C)ccc1OCC(C)C(N)=O. The molecule has 0 aliphatic rings. The largest absolute Gasteiger partial charge is 0.492 e. The Kier molecular flexibility index (Phi) is 5.83. The van der Waals surface area contributed by atoms with Gasteiger partial charge in [-0.2, -0.15) is 0 Å². The van der Waals surface area contributed by atoms with Crippen LogP contribution in [-0.2, 0) is 11.2 Å². The lowest BCUT2D eigenvalue weighted by Gasteiger charge is -2.16. The van der Waals surface area contributed by atoms with E-state index in [0.717, 1.165) is 24.2 Å². The third-order valence-electron chi connectivity index (χ3n) is 3.20. The predicted molar refractivity (Wildman–Crippen MR) is 77.0 cm³/mol. The van der Waals surface area contributed by atoms with Crippen molar-refractivity contribution in [3.05, 3.63) is 29.3 Å². The molecule has 0 bridgehead atoms. The number of ether oxygens (including phenoxy) is 1. The molecule has 0 saturated carbocycles. The average molecular weight is 264 g/mol. The summed E-state index contributed by atoms with van der Waals surface area (Å²) >= 11 is 0. The van der Waals surface area contributed by atoms with Gasteiger partial charge in [0.15, 0.2) is 0 Å². The summed E-state index contributed by atoms with van der Waals surface area (Å²) < 4.78 is 5.70. The zero-order valence-corrected chi connectivity index (χ0v) is 12.0. The summed E-state index contributed by atoms with van der Waals surface area (Å²) in [6.07, 6.45) is 1.70. The number of aryl methyl sites for hydroxylation is 1. The molecule has 4 heteroatoms. The molecule has 2 unspecified atom stereocenters. The number of primary amides is 1. The van der Waals surface area contributed by atoms with E-state index < -0.39 is 0 Å². The third kappa shape index (κ3) is 4.91. The molecule has 1 rings (SSSR count). The Balaban J connectivity index is 2.78. The second kappa shape index (κ2) is 7.14. The van der Waals surface area contributed by atoms with Crippen molar-refractivity contribution < 1.29 is 9.53 Å². The van der Waals surface area contributed by atoms with Crippen molar-refractivity contribution >= 4 is 5.91 Å². The topological polar surface area (TPSA) is 78.3 Å². The van der Waals surface area contributed by atoms with Crippen LogP contribution in [-0.4, -0.2) is 18.6 Å². The minimum absolute atomic E-state index is 0.123. The Morgan fingerprint density at radius 2 is 2.11 bits per heavy atom. The fraction of sp³-hybridized carbons (Fsp3) is 0.533. The summed E-state index contributed by atoms with van der Waals surface area (Å²) in [6, 6.07) is 6.13. The number of amides is 1. The molecule has 0 aliphatic heterocycles. The van der Waals surface area contributed by atoms with E-state index >= 15 is 0 Å².